The van der Waals surface area contributed by atoms with Gasteiger partial charge in [0, 0.05) is 0 Å². The molecule has 0 aliphatic carbocycles. The van der Waals surface area contributed by atoms with Crippen LogP contribution in [0.15, 0.2) is 0 Å². The lowest BCUT2D eigenvalue weighted by Gasteiger charge is -2.16. The van der Waals surface area contributed by atoms with Crippen LogP contribution in [-0.2, 0) is 47.2 Å². The Bertz CT molecular complexity index is 890. The van der Waals surface area contributed by atoms with Gasteiger partial charge < -0.3 is 28.0 Å². The second-order valence-electron chi connectivity index (χ2n) is 15.6. The zero-order valence-corrected chi connectivity index (χ0v) is 44.5. The zero-order valence-electron chi connectivity index (χ0n) is 39.5. The second kappa shape index (κ2) is 50.5. The Morgan fingerprint density at radius 2 is 0.484 bits per heavy atom. The fourth-order valence-corrected chi connectivity index (χ4v) is 16.1. The van der Waals surface area contributed by atoms with Gasteiger partial charge in [-0.25, -0.2) is 0 Å². The van der Waals surface area contributed by atoms with Gasteiger partial charge >= 0.3 is 23.9 Å². The maximum absolute atomic E-state index is 12.5. The molecule has 0 atom stereocenters. The Morgan fingerprint density at radius 3 is 0.710 bits per heavy atom. The number of carbonyl (C=O) groups excluding carboxylic acids is 4. The molecule has 62 heavy (non-hydrogen) atoms. The van der Waals surface area contributed by atoms with Crippen molar-refractivity contribution in [3.05, 3.63) is 0 Å². The Labute approximate surface area is 397 Å². The maximum atomic E-state index is 12.5. The molecule has 0 aliphatic rings. The van der Waals surface area contributed by atoms with Gasteiger partial charge in [-0.2, -0.15) is 0 Å². The molecule has 10 nitrogen and oxygen atoms in total. The average Bonchev–Trinajstić information content (AvgIpc) is 3.27. The first-order valence-corrected chi connectivity index (χ1v) is 33.2. The average molecular weight is 991 g/mol. The van der Waals surface area contributed by atoms with E-state index in [2.05, 4.69) is 27.7 Å². The van der Waals surface area contributed by atoms with Crippen LogP contribution in [0.4, 0.5) is 0 Å². The van der Waals surface area contributed by atoms with Gasteiger partial charge in [0.15, 0.2) is 13.1 Å². The van der Waals surface area contributed by atoms with E-state index in [0.29, 0.717) is 39.6 Å². The number of ether oxygens (including phenoxy) is 4. The standard InChI is InChI=1S/C46H88O10P2S4/c1-5-9-13-17-21-27-33-51-43(47)39-59-57(60-40-44(48)52-34-28-22-18-14-10-6-2)55-37-31-25-26-32-38-56-58(61-41-45(49)53-35-29-23-19-15-11-7-3)62-42-46(50)54-36-30-24-20-16-12-8-4/h5-42H2,1-4H3. The molecular weight excluding hydrogens is 903 g/mol. The van der Waals surface area contributed by atoms with Crippen LogP contribution >= 0.6 is 58.6 Å². The molecule has 0 aromatic rings. The Hall–Kier alpha value is 0.0600. The number of unbranched alkanes of at least 4 members (excludes halogenated alkanes) is 23. The van der Waals surface area contributed by atoms with Gasteiger partial charge in [0.1, 0.15) is 0 Å². The van der Waals surface area contributed by atoms with Crippen molar-refractivity contribution in [2.75, 3.05) is 62.7 Å². The first-order chi connectivity index (χ1) is 30.4. The monoisotopic (exact) mass is 990 g/mol. The van der Waals surface area contributed by atoms with Gasteiger partial charge in [-0.05, 0) is 38.5 Å². The second-order valence-corrected chi connectivity index (χ2v) is 27.6. The molecule has 0 heterocycles. The van der Waals surface area contributed by atoms with Crippen molar-refractivity contribution in [3.8, 4) is 0 Å². The molecular formula is C46H88O10P2S4. The zero-order chi connectivity index (χ0) is 45.4. The first kappa shape index (κ1) is 62.1. The van der Waals surface area contributed by atoms with Crippen LogP contribution in [0, 0.1) is 0 Å². The minimum absolute atomic E-state index is 0.200. The molecule has 0 aliphatic heterocycles. The van der Waals surface area contributed by atoms with Crippen LogP contribution in [0.3, 0.4) is 0 Å². The normalized spacial score (nSPS) is 11.4. The molecule has 0 saturated heterocycles. The highest BCUT2D eigenvalue weighted by molar-refractivity contribution is 8.87. The quantitative estimate of drug-likeness (QED) is 0.0248. The van der Waals surface area contributed by atoms with Crippen LogP contribution in [0.25, 0.3) is 0 Å². The van der Waals surface area contributed by atoms with Gasteiger partial charge in [0.25, 0.3) is 0 Å². The van der Waals surface area contributed by atoms with Crippen molar-refractivity contribution < 1.29 is 47.2 Å². The molecule has 0 radical (unpaired) electrons. The van der Waals surface area contributed by atoms with Crippen molar-refractivity contribution in [2.45, 2.75) is 207 Å². The maximum Gasteiger partial charge on any atom is 0.316 e. The highest BCUT2D eigenvalue weighted by atomic mass is 33.1. The van der Waals surface area contributed by atoms with Gasteiger partial charge in [-0.15, -0.1) is 0 Å². The summed E-state index contributed by atoms with van der Waals surface area (Å²) in [4.78, 5) is 50.0. The number of hydrogen-bond donors (Lipinski definition) is 0. The van der Waals surface area contributed by atoms with E-state index in [1.165, 1.54) is 148 Å². The minimum Gasteiger partial charge on any atom is -0.465 e. The highest BCUT2D eigenvalue weighted by Crippen LogP contribution is 2.62. The molecule has 0 N–H and O–H groups in total. The lowest BCUT2D eigenvalue weighted by molar-refractivity contribution is -0.141. The fourth-order valence-electron chi connectivity index (χ4n) is 5.92. The van der Waals surface area contributed by atoms with Crippen molar-refractivity contribution in [1.82, 2.24) is 0 Å². The molecule has 0 amide bonds. The van der Waals surface area contributed by atoms with Gasteiger partial charge in [0.2, 0.25) is 0 Å². The predicted octanol–water partition coefficient (Wildman–Crippen LogP) is 15.6. The Balaban J connectivity index is 4.76. The van der Waals surface area contributed by atoms with Crippen LogP contribution < -0.4 is 0 Å². The van der Waals surface area contributed by atoms with Gasteiger partial charge in [0.05, 0.1) is 62.7 Å². The van der Waals surface area contributed by atoms with Crippen molar-refractivity contribution in [3.63, 3.8) is 0 Å². The Morgan fingerprint density at radius 1 is 0.290 bits per heavy atom. The van der Waals surface area contributed by atoms with Crippen LogP contribution in [0.2, 0.25) is 0 Å². The van der Waals surface area contributed by atoms with E-state index in [-0.39, 0.29) is 46.9 Å². The number of hydrogen-bond acceptors (Lipinski definition) is 14. The minimum atomic E-state index is -1.13. The van der Waals surface area contributed by atoms with E-state index in [0.717, 1.165) is 77.0 Å². The summed E-state index contributed by atoms with van der Waals surface area (Å²) in [6.45, 7) is 9.41. The topological polar surface area (TPSA) is 124 Å². The molecule has 16 heteroatoms. The van der Waals surface area contributed by atoms with Crippen molar-refractivity contribution in [2.24, 2.45) is 0 Å². The third-order valence-corrected chi connectivity index (χ3v) is 21.9. The lowest BCUT2D eigenvalue weighted by Crippen LogP contribution is -2.09. The molecule has 0 aromatic carbocycles. The van der Waals surface area contributed by atoms with E-state index in [9.17, 15) is 19.2 Å². The number of rotatable bonds is 49. The molecule has 0 aromatic heterocycles. The first-order valence-electron chi connectivity index (χ1n) is 24.4. The van der Waals surface area contributed by atoms with Crippen LogP contribution in [0.5, 0.6) is 0 Å². The summed E-state index contributed by atoms with van der Waals surface area (Å²) in [6, 6.07) is 0. The summed E-state index contributed by atoms with van der Waals surface area (Å²) in [5, 5.41) is 0. The van der Waals surface area contributed by atoms with E-state index in [1.807, 2.05) is 0 Å². The number of esters is 4. The fraction of sp³-hybridized carbons (Fsp3) is 0.913. The third-order valence-electron chi connectivity index (χ3n) is 9.63. The molecule has 0 saturated carbocycles. The summed E-state index contributed by atoms with van der Waals surface area (Å²) in [7, 11) is 0. The SMILES string of the molecule is CCCCCCCCOC(=O)CSP(OCCCCCCOP(SCC(=O)OCCCCCCCC)SCC(=O)OCCCCCCCC)SCC(=O)OCCCCCCCC. The summed E-state index contributed by atoms with van der Waals surface area (Å²) >= 11 is 5.71. The number of carbonyl (C=O) groups is 4. The van der Waals surface area contributed by atoms with E-state index < -0.39 is 13.1 Å². The summed E-state index contributed by atoms with van der Waals surface area (Å²) in [5.41, 5.74) is 0. The molecule has 0 rings (SSSR count). The van der Waals surface area contributed by atoms with Crippen LogP contribution in [0.1, 0.15) is 207 Å². The lowest BCUT2D eigenvalue weighted by atomic mass is 10.1. The van der Waals surface area contributed by atoms with Crippen LogP contribution in [-0.4, -0.2) is 86.5 Å². The summed E-state index contributed by atoms with van der Waals surface area (Å²) in [6.07, 6.45) is 30.9. The molecule has 0 spiro atoms. The van der Waals surface area contributed by atoms with Crippen molar-refractivity contribution in [1.29, 1.82) is 0 Å². The van der Waals surface area contributed by atoms with E-state index in [4.69, 9.17) is 28.0 Å². The predicted molar refractivity (Wildman–Crippen MR) is 271 cm³/mol. The summed E-state index contributed by atoms with van der Waals surface area (Å²) < 4.78 is 34.4. The highest BCUT2D eigenvalue weighted by Gasteiger charge is 2.19. The third kappa shape index (κ3) is 46.6. The Kier molecular flexibility index (Phi) is 50.5. The molecule has 366 valence electrons. The van der Waals surface area contributed by atoms with E-state index >= 15 is 0 Å². The van der Waals surface area contributed by atoms with E-state index in [1.54, 1.807) is 0 Å². The molecule has 0 unspecified atom stereocenters. The molecule has 0 bridgehead atoms. The summed E-state index contributed by atoms with van der Waals surface area (Å²) in [5.74, 6) is -0.155. The largest absolute Gasteiger partial charge is 0.465 e. The van der Waals surface area contributed by atoms with Gasteiger partial charge in [-0.1, -0.05) is 214 Å². The van der Waals surface area contributed by atoms with Crippen molar-refractivity contribution >= 4 is 82.5 Å². The molecule has 0 fully saturated rings. The smallest absolute Gasteiger partial charge is 0.316 e. The van der Waals surface area contributed by atoms with Gasteiger partial charge in [-0.3, -0.25) is 19.2 Å².